The Labute approximate surface area is 121 Å². The summed E-state index contributed by atoms with van der Waals surface area (Å²) >= 11 is 0. The number of hydrogen-bond donors (Lipinski definition) is 0. The van der Waals surface area contributed by atoms with Crippen molar-refractivity contribution in [2.75, 3.05) is 0 Å². The highest BCUT2D eigenvalue weighted by molar-refractivity contribution is 5.76. The lowest BCUT2D eigenvalue weighted by atomic mass is 10.0. The molecule has 0 saturated carbocycles. The zero-order chi connectivity index (χ0) is 14.7. The van der Waals surface area contributed by atoms with E-state index >= 15 is 0 Å². The van der Waals surface area contributed by atoms with E-state index < -0.39 is 0 Å². The molecule has 102 valence electrons. The van der Waals surface area contributed by atoms with Crippen molar-refractivity contribution in [1.29, 1.82) is 0 Å². The second kappa shape index (κ2) is 5.54. The zero-order valence-corrected chi connectivity index (χ0v) is 11.1. The summed E-state index contributed by atoms with van der Waals surface area (Å²) in [7, 11) is 0. The third-order valence-corrected chi connectivity index (χ3v) is 3.23. The van der Waals surface area contributed by atoms with Crippen molar-refractivity contribution in [2.45, 2.75) is 0 Å². The minimum atomic E-state index is -0.365. The summed E-state index contributed by atoms with van der Waals surface area (Å²) in [6.45, 7) is 0. The number of pyridine rings is 1. The second-order valence-electron chi connectivity index (χ2n) is 4.58. The van der Waals surface area contributed by atoms with Gasteiger partial charge in [0.25, 0.3) is 5.69 Å². The highest BCUT2D eigenvalue weighted by Crippen LogP contribution is 2.32. The monoisotopic (exact) mass is 276 g/mol. The lowest BCUT2D eigenvalue weighted by Crippen LogP contribution is -1.95. The highest BCUT2D eigenvalue weighted by Gasteiger charge is 2.17. The fraction of sp³-hybridized carbons (Fsp3) is 0. The number of aromatic nitrogens is 1. The van der Waals surface area contributed by atoms with Crippen LogP contribution in [0.25, 0.3) is 22.4 Å². The molecule has 4 heteroatoms. The average molecular weight is 276 g/mol. The van der Waals surface area contributed by atoms with Crippen LogP contribution >= 0.6 is 0 Å². The van der Waals surface area contributed by atoms with Crippen molar-refractivity contribution in [2.24, 2.45) is 0 Å². The number of hydrogen-bond acceptors (Lipinski definition) is 3. The van der Waals surface area contributed by atoms with Crippen LogP contribution in [0, 0.1) is 10.1 Å². The molecule has 4 nitrogen and oxygen atoms in total. The molecule has 0 saturated heterocycles. The summed E-state index contributed by atoms with van der Waals surface area (Å²) < 4.78 is 0. The molecule has 0 bridgehead atoms. The maximum absolute atomic E-state index is 11.4. The predicted octanol–water partition coefficient (Wildman–Crippen LogP) is 4.32. The fourth-order valence-electron chi connectivity index (χ4n) is 2.20. The van der Waals surface area contributed by atoms with E-state index in [1.807, 2.05) is 60.7 Å². The van der Waals surface area contributed by atoms with Gasteiger partial charge < -0.3 is 0 Å². The first-order valence-corrected chi connectivity index (χ1v) is 6.51. The van der Waals surface area contributed by atoms with E-state index in [1.165, 1.54) is 6.07 Å². The molecule has 0 atom stereocenters. The molecule has 0 aliphatic rings. The van der Waals surface area contributed by atoms with Crippen LogP contribution in [0.4, 0.5) is 5.69 Å². The summed E-state index contributed by atoms with van der Waals surface area (Å²) in [6.07, 6.45) is 1.57. The minimum absolute atomic E-state index is 0.0649. The van der Waals surface area contributed by atoms with Crippen molar-refractivity contribution in [3.05, 3.63) is 83.0 Å². The van der Waals surface area contributed by atoms with Gasteiger partial charge in [0, 0.05) is 17.8 Å². The SMILES string of the molecule is O=[N+]([O-])c1cc(-c2ccccc2)ncc1-c1ccccc1. The minimum Gasteiger partial charge on any atom is -0.258 e. The molecule has 2 aromatic carbocycles. The Bertz CT molecular complexity index is 771. The Hall–Kier alpha value is -3.01. The lowest BCUT2D eigenvalue weighted by molar-refractivity contribution is -0.384. The molecule has 21 heavy (non-hydrogen) atoms. The van der Waals surface area contributed by atoms with E-state index in [0.717, 1.165) is 11.1 Å². The van der Waals surface area contributed by atoms with Gasteiger partial charge in [-0.05, 0) is 5.56 Å². The van der Waals surface area contributed by atoms with E-state index in [1.54, 1.807) is 6.20 Å². The van der Waals surface area contributed by atoms with E-state index in [-0.39, 0.29) is 10.6 Å². The summed E-state index contributed by atoms with van der Waals surface area (Å²) in [6, 6.07) is 20.2. The molecule has 0 N–H and O–H groups in total. The van der Waals surface area contributed by atoms with Gasteiger partial charge in [-0.3, -0.25) is 15.1 Å². The van der Waals surface area contributed by atoms with Gasteiger partial charge in [0.1, 0.15) is 0 Å². The Balaban J connectivity index is 2.14. The van der Waals surface area contributed by atoms with Crippen molar-refractivity contribution >= 4 is 5.69 Å². The van der Waals surface area contributed by atoms with Crippen LogP contribution in [0.2, 0.25) is 0 Å². The van der Waals surface area contributed by atoms with Crippen molar-refractivity contribution in [3.63, 3.8) is 0 Å². The summed E-state index contributed by atoms with van der Waals surface area (Å²) in [5.41, 5.74) is 2.84. The number of rotatable bonds is 3. The van der Waals surface area contributed by atoms with Gasteiger partial charge in [0.05, 0.1) is 16.2 Å². The lowest BCUT2D eigenvalue weighted by Gasteiger charge is -2.05. The molecule has 1 aromatic heterocycles. The van der Waals surface area contributed by atoms with Gasteiger partial charge in [-0.2, -0.15) is 0 Å². The summed E-state index contributed by atoms with van der Waals surface area (Å²) in [5.74, 6) is 0. The van der Waals surface area contributed by atoms with Gasteiger partial charge in [-0.15, -0.1) is 0 Å². The molecule has 0 spiro atoms. The second-order valence-corrected chi connectivity index (χ2v) is 4.58. The third kappa shape index (κ3) is 2.65. The number of benzene rings is 2. The van der Waals surface area contributed by atoms with E-state index in [2.05, 4.69) is 4.98 Å². The van der Waals surface area contributed by atoms with Gasteiger partial charge in [-0.25, -0.2) is 0 Å². The highest BCUT2D eigenvalue weighted by atomic mass is 16.6. The smallest absolute Gasteiger partial charge is 0.258 e. The Morgan fingerprint density at radius 3 is 2.00 bits per heavy atom. The first-order valence-electron chi connectivity index (χ1n) is 6.51. The summed E-state index contributed by atoms with van der Waals surface area (Å²) in [5, 5.41) is 11.4. The Kier molecular flexibility index (Phi) is 3.43. The number of nitro groups is 1. The topological polar surface area (TPSA) is 56.0 Å². The van der Waals surface area contributed by atoms with Gasteiger partial charge in [-0.1, -0.05) is 60.7 Å². The molecule has 0 fully saturated rings. The maximum atomic E-state index is 11.4. The molecular weight excluding hydrogens is 264 g/mol. The molecule has 0 unspecified atom stereocenters. The van der Waals surface area contributed by atoms with Crippen LogP contribution in [0.3, 0.4) is 0 Å². The standard InChI is InChI=1S/C17H12N2O2/c20-19(21)17-11-16(14-9-5-2-6-10-14)18-12-15(17)13-7-3-1-4-8-13/h1-12H. The van der Waals surface area contributed by atoms with E-state index in [9.17, 15) is 10.1 Å². The summed E-state index contributed by atoms with van der Waals surface area (Å²) in [4.78, 5) is 15.4. The van der Waals surface area contributed by atoms with Gasteiger partial charge in [0.2, 0.25) is 0 Å². The van der Waals surface area contributed by atoms with Crippen LogP contribution in [0.5, 0.6) is 0 Å². The van der Waals surface area contributed by atoms with E-state index in [0.29, 0.717) is 11.3 Å². The molecule has 3 aromatic rings. The zero-order valence-electron chi connectivity index (χ0n) is 11.1. The largest absolute Gasteiger partial charge is 0.280 e. The van der Waals surface area contributed by atoms with Gasteiger partial charge >= 0.3 is 0 Å². The van der Waals surface area contributed by atoms with Crippen molar-refractivity contribution in [3.8, 4) is 22.4 Å². The Morgan fingerprint density at radius 2 is 1.43 bits per heavy atom. The van der Waals surface area contributed by atoms with Crippen molar-refractivity contribution < 1.29 is 4.92 Å². The molecule has 3 rings (SSSR count). The maximum Gasteiger partial charge on any atom is 0.280 e. The third-order valence-electron chi connectivity index (χ3n) is 3.23. The van der Waals surface area contributed by atoms with Crippen molar-refractivity contribution in [1.82, 2.24) is 4.98 Å². The molecule has 1 heterocycles. The van der Waals surface area contributed by atoms with Crippen LogP contribution in [0.1, 0.15) is 0 Å². The fourth-order valence-corrected chi connectivity index (χ4v) is 2.20. The first kappa shape index (κ1) is 13.0. The van der Waals surface area contributed by atoms with Crippen LogP contribution in [-0.4, -0.2) is 9.91 Å². The Morgan fingerprint density at radius 1 is 0.857 bits per heavy atom. The van der Waals surface area contributed by atoms with E-state index in [4.69, 9.17) is 0 Å². The van der Waals surface area contributed by atoms with Crippen LogP contribution in [-0.2, 0) is 0 Å². The molecule has 0 aliphatic heterocycles. The number of nitrogens with zero attached hydrogens (tertiary/aromatic N) is 2. The molecule has 0 radical (unpaired) electrons. The molecular formula is C17H12N2O2. The predicted molar refractivity (Wildman–Crippen MR) is 81.8 cm³/mol. The molecule has 0 amide bonds. The average Bonchev–Trinajstić information content (AvgIpc) is 2.56. The van der Waals surface area contributed by atoms with Crippen LogP contribution < -0.4 is 0 Å². The molecule has 0 aliphatic carbocycles. The van der Waals surface area contributed by atoms with Gasteiger partial charge in [0.15, 0.2) is 0 Å². The first-order chi connectivity index (χ1) is 10.3. The quantitative estimate of drug-likeness (QED) is 0.528. The normalized spacial score (nSPS) is 10.3. The van der Waals surface area contributed by atoms with Crippen LogP contribution in [0.15, 0.2) is 72.9 Å².